The maximum atomic E-state index is 13.7. The number of halogens is 1. The highest BCUT2D eigenvalue weighted by atomic mass is 19.1. The lowest BCUT2D eigenvalue weighted by molar-refractivity contribution is 0.535. The normalized spacial score (nSPS) is 19.7. The summed E-state index contributed by atoms with van der Waals surface area (Å²) in [7, 11) is 0. The molecule has 41 heavy (non-hydrogen) atoms. The fourth-order valence-corrected chi connectivity index (χ4v) is 6.23. The molecule has 3 atom stereocenters. The van der Waals surface area contributed by atoms with Gasteiger partial charge in [0.25, 0.3) is 0 Å². The molecule has 3 aromatic rings. The monoisotopic (exact) mass is 549 g/mol. The highest BCUT2D eigenvalue weighted by Gasteiger charge is 2.46. The number of aliphatic imine (C=N–C) groups is 2. The fourth-order valence-electron chi connectivity index (χ4n) is 6.23. The molecule has 0 spiro atoms. The standard InChI is InChI=1S/C33H32FN5O2/c1-20(35)17-33(32-16-31(38-39-32)23-6-10-28(34)11-7-23)29-12-8-24(21(2)36-18-40)14-26(29)4-5-27-15-25(9-13-30(27)33)22(3)37-19-41/h6-15,20-22H,4-5,16-17,35H2,1-3H3/t20-,21?,22?,33?/m0/s1. The second-order valence-corrected chi connectivity index (χ2v) is 11.0. The van der Waals surface area contributed by atoms with Crippen LogP contribution in [0.4, 0.5) is 4.39 Å². The van der Waals surface area contributed by atoms with Gasteiger partial charge in [-0.1, -0.05) is 48.5 Å². The van der Waals surface area contributed by atoms with Crippen molar-refractivity contribution in [3.63, 3.8) is 0 Å². The van der Waals surface area contributed by atoms with Crippen LogP contribution in [0.5, 0.6) is 0 Å². The Bertz CT molecular complexity index is 1550. The summed E-state index contributed by atoms with van der Waals surface area (Å²) in [4.78, 5) is 29.8. The molecule has 0 bridgehead atoms. The summed E-state index contributed by atoms with van der Waals surface area (Å²) in [6.07, 6.45) is 5.92. The first-order valence-corrected chi connectivity index (χ1v) is 13.8. The molecule has 208 valence electrons. The molecule has 7 nitrogen and oxygen atoms in total. The zero-order valence-corrected chi connectivity index (χ0v) is 23.4. The van der Waals surface area contributed by atoms with E-state index < -0.39 is 5.41 Å². The van der Waals surface area contributed by atoms with Gasteiger partial charge in [0.05, 0.1) is 28.9 Å². The van der Waals surface area contributed by atoms with Crippen molar-refractivity contribution < 1.29 is 14.0 Å². The number of hydrogen-bond acceptors (Lipinski definition) is 7. The maximum absolute atomic E-state index is 13.7. The highest BCUT2D eigenvalue weighted by molar-refractivity contribution is 6.19. The van der Waals surface area contributed by atoms with Crippen LogP contribution in [0.3, 0.4) is 0 Å². The fraction of sp³-hybridized carbons (Fsp3) is 0.333. The Balaban J connectivity index is 1.71. The molecule has 1 aliphatic carbocycles. The van der Waals surface area contributed by atoms with E-state index in [1.165, 1.54) is 12.1 Å². The third-order valence-corrected chi connectivity index (χ3v) is 8.22. The first-order chi connectivity index (χ1) is 19.8. The molecule has 0 fully saturated rings. The number of hydrogen-bond donors (Lipinski definition) is 1. The first-order valence-electron chi connectivity index (χ1n) is 13.8. The molecule has 1 aliphatic heterocycles. The number of nitrogens with zero attached hydrogens (tertiary/aromatic N) is 4. The van der Waals surface area contributed by atoms with E-state index in [-0.39, 0.29) is 23.9 Å². The third kappa shape index (κ3) is 5.38. The summed E-state index contributed by atoms with van der Waals surface area (Å²) >= 11 is 0. The van der Waals surface area contributed by atoms with E-state index in [2.05, 4.69) is 39.4 Å². The van der Waals surface area contributed by atoms with Crippen LogP contribution in [0.2, 0.25) is 0 Å². The van der Waals surface area contributed by atoms with Gasteiger partial charge < -0.3 is 5.73 Å². The number of fused-ring (bicyclic) bond motifs is 2. The van der Waals surface area contributed by atoms with Gasteiger partial charge in [-0.25, -0.2) is 14.0 Å². The quantitative estimate of drug-likeness (QED) is 0.275. The Kier molecular flexibility index (Phi) is 8.00. The van der Waals surface area contributed by atoms with Gasteiger partial charge in [0.2, 0.25) is 12.2 Å². The van der Waals surface area contributed by atoms with Crippen LogP contribution in [0.1, 0.15) is 84.6 Å². The van der Waals surface area contributed by atoms with E-state index in [4.69, 9.17) is 10.8 Å². The lowest BCUT2D eigenvalue weighted by atomic mass is 9.64. The smallest absolute Gasteiger partial charge is 0.235 e. The Morgan fingerprint density at radius 3 is 1.88 bits per heavy atom. The van der Waals surface area contributed by atoms with Crippen LogP contribution < -0.4 is 5.73 Å². The lowest BCUT2D eigenvalue weighted by Crippen LogP contribution is -2.43. The van der Waals surface area contributed by atoms with Crippen molar-refractivity contribution in [1.29, 1.82) is 0 Å². The predicted octanol–water partition coefficient (Wildman–Crippen LogP) is 5.99. The zero-order valence-electron chi connectivity index (χ0n) is 23.4. The largest absolute Gasteiger partial charge is 0.328 e. The van der Waals surface area contributed by atoms with Crippen molar-refractivity contribution in [2.45, 2.75) is 70.0 Å². The highest BCUT2D eigenvalue weighted by Crippen LogP contribution is 2.47. The van der Waals surface area contributed by atoms with Crippen molar-refractivity contribution >= 4 is 23.6 Å². The van der Waals surface area contributed by atoms with Crippen LogP contribution in [0.15, 0.2) is 80.9 Å². The van der Waals surface area contributed by atoms with Gasteiger partial charge in [0.1, 0.15) is 5.82 Å². The summed E-state index contributed by atoms with van der Waals surface area (Å²) in [5.74, 6) is -0.304. The van der Waals surface area contributed by atoms with E-state index >= 15 is 0 Å². The summed E-state index contributed by atoms with van der Waals surface area (Å²) in [5.41, 5.74) is 14.7. The summed E-state index contributed by atoms with van der Waals surface area (Å²) < 4.78 is 13.7. The molecule has 2 N–H and O–H groups in total. The van der Waals surface area contributed by atoms with E-state index in [9.17, 15) is 14.0 Å². The molecule has 0 saturated heterocycles. The van der Waals surface area contributed by atoms with E-state index in [0.717, 1.165) is 63.2 Å². The van der Waals surface area contributed by atoms with Gasteiger partial charge in [-0.3, -0.25) is 0 Å². The third-order valence-electron chi connectivity index (χ3n) is 8.22. The van der Waals surface area contributed by atoms with Gasteiger partial charge in [0.15, 0.2) is 0 Å². The molecule has 0 aromatic heterocycles. The van der Waals surface area contributed by atoms with Crippen LogP contribution in [0.25, 0.3) is 0 Å². The second-order valence-electron chi connectivity index (χ2n) is 11.0. The molecule has 0 amide bonds. The average Bonchev–Trinajstić information content (AvgIpc) is 3.41. The molecule has 1 heterocycles. The van der Waals surface area contributed by atoms with Crippen LogP contribution in [-0.2, 0) is 27.8 Å². The Morgan fingerprint density at radius 1 is 0.854 bits per heavy atom. The predicted molar refractivity (Wildman–Crippen MR) is 157 cm³/mol. The average molecular weight is 550 g/mol. The van der Waals surface area contributed by atoms with Gasteiger partial charge >= 0.3 is 0 Å². The van der Waals surface area contributed by atoms with Crippen molar-refractivity contribution in [3.8, 4) is 0 Å². The number of nitrogens with two attached hydrogens (primary N) is 1. The summed E-state index contributed by atoms with van der Waals surface area (Å²) in [6.45, 7) is 5.74. The van der Waals surface area contributed by atoms with Crippen LogP contribution >= 0.6 is 0 Å². The van der Waals surface area contributed by atoms with Gasteiger partial charge in [0, 0.05) is 12.5 Å². The molecule has 0 saturated carbocycles. The minimum absolute atomic E-state index is 0.178. The zero-order chi connectivity index (χ0) is 29.1. The van der Waals surface area contributed by atoms with Crippen molar-refractivity contribution in [2.24, 2.45) is 25.9 Å². The van der Waals surface area contributed by atoms with E-state index in [1.807, 2.05) is 32.9 Å². The van der Waals surface area contributed by atoms with E-state index in [1.54, 1.807) is 24.3 Å². The second kappa shape index (κ2) is 11.6. The topological polar surface area (TPSA) is 110 Å². The van der Waals surface area contributed by atoms with Crippen molar-refractivity contribution in [3.05, 3.63) is 105 Å². The first kappa shape index (κ1) is 28.2. The van der Waals surface area contributed by atoms with Gasteiger partial charge in [-0.15, -0.1) is 0 Å². The van der Waals surface area contributed by atoms with Crippen molar-refractivity contribution in [2.75, 3.05) is 0 Å². The minimum atomic E-state index is -0.688. The Labute approximate surface area is 238 Å². The number of benzene rings is 3. The van der Waals surface area contributed by atoms with Gasteiger partial charge in [-0.05, 0) is 91.1 Å². The maximum Gasteiger partial charge on any atom is 0.235 e. The van der Waals surface area contributed by atoms with Crippen LogP contribution in [-0.4, -0.2) is 29.6 Å². The summed E-state index contributed by atoms with van der Waals surface area (Å²) in [6, 6.07) is 18.0. The molecular weight excluding hydrogens is 517 g/mol. The SMILES string of the molecule is CC(N=C=O)c1ccc2c(c1)CCc1cc(C(C)N=C=O)ccc1C2(C[C@H](C)N)C1=NN=C(c2ccc(F)cc2)C1. The molecule has 8 heteroatoms. The number of isocyanates is 2. The molecular formula is C33H32FN5O2. The minimum Gasteiger partial charge on any atom is -0.328 e. The molecule has 2 unspecified atom stereocenters. The molecule has 0 radical (unpaired) electrons. The Morgan fingerprint density at radius 2 is 1.39 bits per heavy atom. The van der Waals surface area contributed by atoms with E-state index in [0.29, 0.717) is 12.8 Å². The van der Waals surface area contributed by atoms with Crippen molar-refractivity contribution in [1.82, 2.24) is 0 Å². The molecule has 5 rings (SSSR count). The number of aryl methyl sites for hydroxylation is 2. The molecule has 3 aromatic carbocycles. The summed E-state index contributed by atoms with van der Waals surface area (Å²) in [5, 5.41) is 9.38. The number of carbonyl (C=O) groups excluding carboxylic acids is 2. The van der Waals surface area contributed by atoms with Gasteiger partial charge in [-0.2, -0.15) is 20.2 Å². The molecule has 2 aliphatic rings. The Hall–Kier alpha value is -4.35. The number of rotatable bonds is 8. The lowest BCUT2D eigenvalue weighted by Gasteiger charge is -2.38. The van der Waals surface area contributed by atoms with Crippen LogP contribution in [0, 0.1) is 5.82 Å².